The SMILES string of the molecule is CC(C)(C)ONC(=O)C(Cc1ccccc1)CC(O)[C@@H](N)Cc1ccccc1. The Balaban J connectivity index is 2.03. The highest BCUT2D eigenvalue weighted by Gasteiger charge is 2.27. The van der Waals surface area contributed by atoms with Crippen LogP contribution < -0.4 is 11.2 Å². The van der Waals surface area contributed by atoms with E-state index < -0.39 is 23.7 Å². The molecule has 0 bridgehead atoms. The van der Waals surface area contributed by atoms with Gasteiger partial charge in [0.05, 0.1) is 11.7 Å². The maximum Gasteiger partial charge on any atom is 0.247 e. The van der Waals surface area contributed by atoms with Gasteiger partial charge in [0, 0.05) is 12.0 Å². The monoisotopic (exact) mass is 384 g/mol. The largest absolute Gasteiger partial charge is 0.391 e. The molecule has 2 rings (SSSR count). The number of carbonyl (C=O) groups excluding carboxylic acids is 1. The van der Waals surface area contributed by atoms with E-state index >= 15 is 0 Å². The van der Waals surface area contributed by atoms with Gasteiger partial charge in [0.15, 0.2) is 0 Å². The first-order chi connectivity index (χ1) is 13.2. The molecule has 0 fully saturated rings. The number of benzene rings is 2. The Hall–Kier alpha value is -2.21. The summed E-state index contributed by atoms with van der Waals surface area (Å²) in [6.45, 7) is 5.60. The smallest absolute Gasteiger partial charge is 0.247 e. The highest BCUT2D eigenvalue weighted by Crippen LogP contribution is 2.18. The van der Waals surface area contributed by atoms with Crippen molar-refractivity contribution in [3.63, 3.8) is 0 Å². The van der Waals surface area contributed by atoms with Crippen molar-refractivity contribution in [1.29, 1.82) is 0 Å². The minimum absolute atomic E-state index is 0.246. The Bertz CT molecular complexity index is 714. The van der Waals surface area contributed by atoms with Crippen LogP contribution in [0, 0.1) is 5.92 Å². The Kier molecular flexibility index (Phi) is 8.18. The van der Waals surface area contributed by atoms with E-state index in [-0.39, 0.29) is 12.3 Å². The third kappa shape index (κ3) is 7.80. The average molecular weight is 385 g/mol. The number of nitrogens with two attached hydrogens (primary N) is 1. The number of hydrogen-bond acceptors (Lipinski definition) is 4. The topological polar surface area (TPSA) is 84.6 Å². The molecule has 2 unspecified atom stereocenters. The Morgan fingerprint density at radius 3 is 2.00 bits per heavy atom. The number of carbonyl (C=O) groups is 1. The zero-order valence-corrected chi connectivity index (χ0v) is 17.0. The number of hydrogen-bond donors (Lipinski definition) is 3. The predicted octanol–water partition coefficient (Wildman–Crippen LogP) is 3.01. The zero-order chi connectivity index (χ0) is 20.6. The molecule has 0 heterocycles. The number of nitrogens with one attached hydrogen (secondary N) is 1. The second-order valence-corrected chi connectivity index (χ2v) is 8.22. The van der Waals surface area contributed by atoms with Crippen molar-refractivity contribution in [2.45, 2.75) is 57.8 Å². The average Bonchev–Trinajstić information content (AvgIpc) is 2.66. The van der Waals surface area contributed by atoms with E-state index in [0.29, 0.717) is 12.8 Å². The highest BCUT2D eigenvalue weighted by molar-refractivity contribution is 5.78. The lowest BCUT2D eigenvalue weighted by molar-refractivity contribution is -0.150. The van der Waals surface area contributed by atoms with E-state index in [9.17, 15) is 9.90 Å². The number of hydroxylamine groups is 1. The number of aliphatic hydroxyl groups is 1. The predicted molar refractivity (Wildman–Crippen MR) is 111 cm³/mol. The minimum Gasteiger partial charge on any atom is -0.391 e. The molecule has 0 aliphatic rings. The normalized spacial score (nSPS) is 14.9. The molecule has 0 aromatic heterocycles. The third-order valence-electron chi connectivity index (χ3n) is 4.49. The molecule has 152 valence electrons. The second kappa shape index (κ2) is 10.4. The van der Waals surface area contributed by atoms with Gasteiger partial charge in [0.1, 0.15) is 0 Å². The fourth-order valence-electron chi connectivity index (χ4n) is 2.96. The fraction of sp³-hybridized carbons (Fsp3) is 0.435. The quantitative estimate of drug-likeness (QED) is 0.580. The van der Waals surface area contributed by atoms with Crippen LogP contribution in [-0.2, 0) is 22.5 Å². The molecule has 0 spiro atoms. The summed E-state index contributed by atoms with van der Waals surface area (Å²) in [6.07, 6.45) is 0.534. The van der Waals surface area contributed by atoms with Crippen molar-refractivity contribution < 1.29 is 14.7 Å². The number of amides is 1. The summed E-state index contributed by atoms with van der Waals surface area (Å²) in [5.41, 5.74) is 10.4. The van der Waals surface area contributed by atoms with Crippen molar-refractivity contribution in [2.75, 3.05) is 0 Å². The summed E-state index contributed by atoms with van der Waals surface area (Å²) < 4.78 is 0. The molecule has 3 atom stereocenters. The van der Waals surface area contributed by atoms with Crippen LogP contribution in [0.25, 0.3) is 0 Å². The van der Waals surface area contributed by atoms with Gasteiger partial charge in [-0.3, -0.25) is 9.63 Å². The molecule has 0 radical (unpaired) electrons. The summed E-state index contributed by atoms with van der Waals surface area (Å²) in [6, 6.07) is 19.1. The van der Waals surface area contributed by atoms with Gasteiger partial charge >= 0.3 is 0 Å². The first-order valence-corrected chi connectivity index (χ1v) is 9.74. The summed E-state index contributed by atoms with van der Waals surface area (Å²) in [4.78, 5) is 18.2. The van der Waals surface area contributed by atoms with Crippen LogP contribution in [0.1, 0.15) is 38.3 Å². The van der Waals surface area contributed by atoms with E-state index in [0.717, 1.165) is 11.1 Å². The van der Waals surface area contributed by atoms with Crippen molar-refractivity contribution in [1.82, 2.24) is 5.48 Å². The molecular weight excluding hydrogens is 352 g/mol. The zero-order valence-electron chi connectivity index (χ0n) is 17.0. The Morgan fingerprint density at radius 1 is 1.00 bits per heavy atom. The van der Waals surface area contributed by atoms with E-state index in [4.69, 9.17) is 10.6 Å². The van der Waals surface area contributed by atoms with E-state index in [1.165, 1.54) is 0 Å². The first-order valence-electron chi connectivity index (χ1n) is 9.74. The van der Waals surface area contributed by atoms with Crippen molar-refractivity contribution >= 4 is 5.91 Å². The standard InChI is InChI=1S/C23H32N2O3/c1-23(2,3)28-25-22(27)19(14-17-10-6-4-7-11-17)16-21(26)20(24)15-18-12-8-5-9-13-18/h4-13,19-21,26H,14-16,24H2,1-3H3,(H,25,27)/t19?,20-,21?/m0/s1. The highest BCUT2D eigenvalue weighted by atomic mass is 16.7. The maximum atomic E-state index is 12.7. The van der Waals surface area contributed by atoms with Gasteiger partial charge < -0.3 is 10.8 Å². The van der Waals surface area contributed by atoms with Crippen LogP contribution in [0.15, 0.2) is 60.7 Å². The Labute approximate surface area is 167 Å². The van der Waals surface area contributed by atoms with Crippen molar-refractivity contribution in [2.24, 2.45) is 11.7 Å². The number of aliphatic hydroxyl groups excluding tert-OH is 1. The van der Waals surface area contributed by atoms with Crippen LogP contribution in [0.2, 0.25) is 0 Å². The summed E-state index contributed by atoms with van der Waals surface area (Å²) in [5, 5.41) is 10.7. The summed E-state index contributed by atoms with van der Waals surface area (Å²) in [5.74, 6) is -0.689. The lowest BCUT2D eigenvalue weighted by Crippen LogP contribution is -2.43. The molecule has 2 aromatic carbocycles. The minimum atomic E-state index is -0.797. The van der Waals surface area contributed by atoms with Crippen molar-refractivity contribution in [3.05, 3.63) is 71.8 Å². The molecule has 4 N–H and O–H groups in total. The van der Waals surface area contributed by atoms with E-state index in [1.807, 2.05) is 81.4 Å². The lowest BCUT2D eigenvalue weighted by atomic mass is 9.89. The molecule has 0 aliphatic carbocycles. The van der Waals surface area contributed by atoms with Crippen LogP contribution in [0.4, 0.5) is 0 Å². The van der Waals surface area contributed by atoms with Crippen LogP contribution in [-0.4, -0.2) is 28.8 Å². The molecule has 0 aliphatic heterocycles. The second-order valence-electron chi connectivity index (χ2n) is 8.22. The lowest BCUT2D eigenvalue weighted by Gasteiger charge is -2.26. The molecule has 2 aromatic rings. The van der Waals surface area contributed by atoms with E-state index in [1.54, 1.807) is 0 Å². The summed E-state index contributed by atoms with van der Waals surface area (Å²) in [7, 11) is 0. The molecule has 5 nitrogen and oxygen atoms in total. The molecule has 0 saturated carbocycles. The van der Waals surface area contributed by atoms with Gasteiger partial charge in [0.2, 0.25) is 5.91 Å². The fourth-order valence-corrected chi connectivity index (χ4v) is 2.96. The molecule has 28 heavy (non-hydrogen) atoms. The van der Waals surface area contributed by atoms with Crippen LogP contribution >= 0.6 is 0 Å². The van der Waals surface area contributed by atoms with Gasteiger partial charge in [-0.05, 0) is 51.2 Å². The summed E-state index contributed by atoms with van der Waals surface area (Å²) >= 11 is 0. The van der Waals surface area contributed by atoms with Crippen LogP contribution in [0.5, 0.6) is 0 Å². The molecule has 5 heteroatoms. The third-order valence-corrected chi connectivity index (χ3v) is 4.49. The van der Waals surface area contributed by atoms with Gasteiger partial charge in [-0.15, -0.1) is 0 Å². The van der Waals surface area contributed by atoms with Crippen molar-refractivity contribution in [3.8, 4) is 0 Å². The van der Waals surface area contributed by atoms with Gasteiger partial charge in [-0.2, -0.15) is 0 Å². The van der Waals surface area contributed by atoms with Crippen LogP contribution in [0.3, 0.4) is 0 Å². The first kappa shape index (κ1) is 22.1. The van der Waals surface area contributed by atoms with Gasteiger partial charge in [0.25, 0.3) is 0 Å². The van der Waals surface area contributed by atoms with Gasteiger partial charge in [-0.25, -0.2) is 5.48 Å². The number of rotatable bonds is 9. The Morgan fingerprint density at radius 2 is 1.50 bits per heavy atom. The maximum absolute atomic E-state index is 12.7. The van der Waals surface area contributed by atoms with E-state index in [2.05, 4.69) is 5.48 Å². The molecule has 0 saturated heterocycles. The molecule has 1 amide bonds. The molecular formula is C23H32N2O3. The van der Waals surface area contributed by atoms with Gasteiger partial charge in [-0.1, -0.05) is 60.7 Å².